The summed E-state index contributed by atoms with van der Waals surface area (Å²) in [6.07, 6.45) is 0. The van der Waals surface area contributed by atoms with Gasteiger partial charge in [0.15, 0.2) is 0 Å². The molecule has 2 N–H and O–H groups in total. The van der Waals surface area contributed by atoms with E-state index < -0.39 is 10.8 Å². The molecule has 0 heterocycles. The van der Waals surface area contributed by atoms with Crippen LogP contribution in [-0.2, 0) is 10.8 Å². The minimum absolute atomic E-state index is 0.490. The van der Waals surface area contributed by atoms with Gasteiger partial charge in [-0.3, -0.25) is 4.21 Å². The number of rotatable bonds is 5. The van der Waals surface area contributed by atoms with E-state index >= 15 is 0 Å². The first-order chi connectivity index (χ1) is 6.72. The van der Waals surface area contributed by atoms with Gasteiger partial charge in [0, 0.05) is 22.2 Å². The van der Waals surface area contributed by atoms with E-state index in [9.17, 15) is 4.21 Å². The number of hydrogen-bond acceptors (Lipinski definition) is 3. The first kappa shape index (κ1) is 11.0. The van der Waals surface area contributed by atoms with Crippen LogP contribution in [0.2, 0.25) is 0 Å². The Kier molecular flexibility index (Phi) is 4.46. The topological polar surface area (TPSA) is 52.3 Å². The number of nitrogens with two attached hydrogens (primary N) is 1. The Morgan fingerprint density at radius 3 is 2.57 bits per heavy atom. The molecule has 0 spiro atoms. The summed E-state index contributed by atoms with van der Waals surface area (Å²) >= 11 is 0. The highest BCUT2D eigenvalue weighted by atomic mass is 32.2. The van der Waals surface area contributed by atoms with Crippen LogP contribution in [0.5, 0.6) is 5.75 Å². The minimum Gasteiger partial charge on any atom is -0.493 e. The highest BCUT2D eigenvalue weighted by Gasteiger charge is 1.97. The molecule has 1 aromatic rings. The van der Waals surface area contributed by atoms with Gasteiger partial charge in [0.2, 0.25) is 0 Å². The summed E-state index contributed by atoms with van der Waals surface area (Å²) in [4.78, 5) is 0. The monoisotopic (exact) mass is 213 g/mol. The van der Waals surface area contributed by atoms with E-state index in [1.54, 1.807) is 12.1 Å². The van der Waals surface area contributed by atoms with Gasteiger partial charge in [0.1, 0.15) is 5.75 Å². The molecule has 0 aromatic heterocycles. The lowest BCUT2D eigenvalue weighted by Crippen LogP contribution is -2.09. The summed E-state index contributed by atoms with van der Waals surface area (Å²) in [6, 6.07) is 7.19. The lowest BCUT2D eigenvalue weighted by atomic mass is 10.3. The highest BCUT2D eigenvalue weighted by Crippen LogP contribution is 2.12. The molecule has 0 amide bonds. The molecule has 14 heavy (non-hydrogen) atoms. The first-order valence-corrected chi connectivity index (χ1v) is 6.04. The van der Waals surface area contributed by atoms with Gasteiger partial charge in [-0.1, -0.05) is 6.92 Å². The van der Waals surface area contributed by atoms with Crippen LogP contribution in [0.4, 0.5) is 5.69 Å². The molecule has 1 atom stereocenters. The predicted octanol–water partition coefficient (Wildman–Crippen LogP) is 1.42. The fraction of sp³-hybridized carbons (Fsp3) is 0.400. The molecule has 0 fully saturated rings. The number of hydrogen-bond donors (Lipinski definition) is 1. The Labute approximate surface area is 86.7 Å². The van der Waals surface area contributed by atoms with Crippen LogP contribution in [0.3, 0.4) is 0 Å². The summed E-state index contributed by atoms with van der Waals surface area (Å²) in [5, 5.41) is 0. The van der Waals surface area contributed by atoms with Crippen molar-refractivity contribution in [2.45, 2.75) is 6.92 Å². The van der Waals surface area contributed by atoms with Crippen LogP contribution in [0.25, 0.3) is 0 Å². The quantitative estimate of drug-likeness (QED) is 0.752. The summed E-state index contributed by atoms with van der Waals surface area (Å²) in [5.74, 6) is 2.04. The maximum atomic E-state index is 11.1. The van der Waals surface area contributed by atoms with Gasteiger partial charge in [-0.25, -0.2) is 0 Å². The number of ether oxygens (including phenoxy) is 1. The summed E-state index contributed by atoms with van der Waals surface area (Å²) in [6.45, 7) is 2.39. The standard InChI is InChI=1S/C10H15NO2S/c1-2-14(12)8-7-13-10-5-3-9(11)4-6-10/h3-6H,2,7-8,11H2,1H3. The summed E-state index contributed by atoms with van der Waals surface area (Å²) in [7, 11) is -0.755. The zero-order chi connectivity index (χ0) is 10.4. The van der Waals surface area contributed by atoms with Crippen molar-refractivity contribution in [2.75, 3.05) is 23.8 Å². The molecule has 78 valence electrons. The van der Waals surface area contributed by atoms with Crippen molar-refractivity contribution in [3.63, 3.8) is 0 Å². The fourth-order valence-corrected chi connectivity index (χ4v) is 1.52. The van der Waals surface area contributed by atoms with Crippen LogP contribution in [0, 0.1) is 0 Å². The van der Waals surface area contributed by atoms with Gasteiger partial charge >= 0.3 is 0 Å². The minimum atomic E-state index is -0.755. The van der Waals surface area contributed by atoms with Crippen molar-refractivity contribution < 1.29 is 8.95 Å². The average Bonchev–Trinajstić information content (AvgIpc) is 2.21. The Morgan fingerprint density at radius 2 is 2.00 bits per heavy atom. The third kappa shape index (κ3) is 3.79. The van der Waals surface area contributed by atoms with Gasteiger partial charge in [-0.05, 0) is 24.3 Å². The zero-order valence-electron chi connectivity index (χ0n) is 8.23. The normalized spacial score (nSPS) is 12.4. The van der Waals surface area contributed by atoms with Gasteiger partial charge in [-0.2, -0.15) is 0 Å². The first-order valence-electron chi connectivity index (χ1n) is 4.55. The number of benzene rings is 1. The van der Waals surface area contributed by atoms with Crippen LogP contribution < -0.4 is 10.5 Å². The second kappa shape index (κ2) is 5.65. The second-order valence-corrected chi connectivity index (χ2v) is 4.72. The molecule has 0 aliphatic heterocycles. The van der Waals surface area contributed by atoms with E-state index in [1.807, 2.05) is 19.1 Å². The third-order valence-corrected chi connectivity index (χ3v) is 3.05. The SMILES string of the molecule is CCS(=O)CCOc1ccc(N)cc1. The largest absolute Gasteiger partial charge is 0.493 e. The van der Waals surface area contributed by atoms with Crippen molar-refractivity contribution in [3.8, 4) is 5.75 Å². The fourth-order valence-electron chi connectivity index (χ4n) is 0.961. The van der Waals surface area contributed by atoms with Gasteiger partial charge in [-0.15, -0.1) is 0 Å². The molecule has 4 heteroatoms. The Bertz CT molecular complexity index is 297. The average molecular weight is 213 g/mol. The van der Waals surface area contributed by atoms with Crippen molar-refractivity contribution in [1.82, 2.24) is 0 Å². The predicted molar refractivity (Wildman–Crippen MR) is 59.9 cm³/mol. The van der Waals surface area contributed by atoms with Crippen molar-refractivity contribution in [3.05, 3.63) is 24.3 Å². The molecule has 0 saturated heterocycles. The van der Waals surface area contributed by atoms with Crippen molar-refractivity contribution in [2.24, 2.45) is 0 Å². The van der Waals surface area contributed by atoms with E-state index in [0.717, 1.165) is 11.4 Å². The zero-order valence-corrected chi connectivity index (χ0v) is 9.05. The molecular formula is C10H15NO2S. The molecule has 1 unspecified atom stereocenters. The maximum absolute atomic E-state index is 11.1. The Morgan fingerprint density at radius 1 is 1.36 bits per heavy atom. The van der Waals surface area contributed by atoms with Gasteiger partial charge < -0.3 is 10.5 Å². The summed E-state index contributed by atoms with van der Waals surface area (Å²) in [5.41, 5.74) is 6.24. The van der Waals surface area contributed by atoms with E-state index in [0.29, 0.717) is 18.1 Å². The van der Waals surface area contributed by atoms with Gasteiger partial charge in [0.25, 0.3) is 0 Å². The van der Waals surface area contributed by atoms with E-state index in [1.165, 1.54) is 0 Å². The van der Waals surface area contributed by atoms with Crippen LogP contribution >= 0.6 is 0 Å². The smallest absolute Gasteiger partial charge is 0.119 e. The summed E-state index contributed by atoms with van der Waals surface area (Å²) < 4.78 is 16.5. The molecule has 0 radical (unpaired) electrons. The van der Waals surface area contributed by atoms with Crippen LogP contribution in [-0.4, -0.2) is 22.3 Å². The Balaban J connectivity index is 2.31. The number of anilines is 1. The second-order valence-electron chi connectivity index (χ2n) is 2.85. The molecular weight excluding hydrogens is 198 g/mol. The highest BCUT2D eigenvalue weighted by molar-refractivity contribution is 7.84. The van der Waals surface area contributed by atoms with E-state index in [2.05, 4.69) is 0 Å². The van der Waals surface area contributed by atoms with Crippen molar-refractivity contribution >= 4 is 16.5 Å². The van der Waals surface area contributed by atoms with Crippen LogP contribution in [0.1, 0.15) is 6.92 Å². The van der Waals surface area contributed by atoms with E-state index in [-0.39, 0.29) is 0 Å². The van der Waals surface area contributed by atoms with Crippen LogP contribution in [0.15, 0.2) is 24.3 Å². The lowest BCUT2D eigenvalue weighted by molar-refractivity contribution is 0.342. The van der Waals surface area contributed by atoms with E-state index in [4.69, 9.17) is 10.5 Å². The molecule has 0 saturated carbocycles. The maximum Gasteiger partial charge on any atom is 0.119 e. The third-order valence-electron chi connectivity index (χ3n) is 1.78. The van der Waals surface area contributed by atoms with Gasteiger partial charge in [0.05, 0.1) is 12.4 Å². The molecule has 0 aliphatic carbocycles. The molecule has 0 bridgehead atoms. The van der Waals surface area contributed by atoms with Crippen molar-refractivity contribution in [1.29, 1.82) is 0 Å². The number of nitrogen functional groups attached to an aromatic ring is 1. The molecule has 1 aromatic carbocycles. The lowest BCUT2D eigenvalue weighted by Gasteiger charge is -2.05. The molecule has 1 rings (SSSR count). The Hall–Kier alpha value is -1.03. The molecule has 3 nitrogen and oxygen atoms in total. The molecule has 0 aliphatic rings.